The number of carbonyl (C=O) groups is 3. The third-order valence-electron chi connectivity index (χ3n) is 3.71. The van der Waals surface area contributed by atoms with E-state index < -0.39 is 18.0 Å². The van der Waals surface area contributed by atoms with Gasteiger partial charge in [0.1, 0.15) is 18.4 Å². The van der Waals surface area contributed by atoms with E-state index in [4.69, 9.17) is 0 Å². The van der Waals surface area contributed by atoms with E-state index in [-0.39, 0.29) is 24.8 Å². The summed E-state index contributed by atoms with van der Waals surface area (Å²) in [5.74, 6) is -1.19. The molecular formula is C16H20FN3O3. The standard InChI is InChI=1S/C16H20FN3O3/c1-3-4-13-15(22)20(16(23)19-13)9-14(21)18-8-11-6-5-10(2)12(17)7-11/h5-7,13H,3-4,8-9H2,1-2H3,(H,18,21)(H,19,23). The Morgan fingerprint density at radius 2 is 2.13 bits per heavy atom. The van der Waals surface area contributed by atoms with E-state index in [1.807, 2.05) is 6.92 Å². The van der Waals surface area contributed by atoms with Gasteiger partial charge in [0.05, 0.1) is 0 Å². The molecule has 0 aromatic heterocycles. The van der Waals surface area contributed by atoms with E-state index in [9.17, 15) is 18.8 Å². The molecule has 6 nitrogen and oxygen atoms in total. The van der Waals surface area contributed by atoms with Crippen molar-refractivity contribution >= 4 is 17.8 Å². The average molecular weight is 321 g/mol. The van der Waals surface area contributed by atoms with Gasteiger partial charge in [0.25, 0.3) is 5.91 Å². The first-order valence-corrected chi connectivity index (χ1v) is 7.56. The lowest BCUT2D eigenvalue weighted by Crippen LogP contribution is -2.41. The summed E-state index contributed by atoms with van der Waals surface area (Å²) in [5.41, 5.74) is 1.14. The number of amides is 4. The summed E-state index contributed by atoms with van der Waals surface area (Å²) < 4.78 is 13.4. The van der Waals surface area contributed by atoms with Crippen molar-refractivity contribution in [2.45, 2.75) is 39.3 Å². The van der Waals surface area contributed by atoms with Gasteiger partial charge in [0.2, 0.25) is 5.91 Å². The molecule has 124 valence electrons. The van der Waals surface area contributed by atoms with Crippen LogP contribution >= 0.6 is 0 Å². The Bertz CT molecular complexity index is 633. The minimum Gasteiger partial charge on any atom is -0.350 e. The van der Waals surface area contributed by atoms with Crippen LogP contribution < -0.4 is 10.6 Å². The summed E-state index contributed by atoms with van der Waals surface area (Å²) in [6.07, 6.45) is 1.31. The van der Waals surface area contributed by atoms with Gasteiger partial charge in [-0.1, -0.05) is 25.5 Å². The van der Waals surface area contributed by atoms with Crippen molar-refractivity contribution in [3.8, 4) is 0 Å². The Balaban J connectivity index is 1.88. The maximum Gasteiger partial charge on any atom is 0.325 e. The fraction of sp³-hybridized carbons (Fsp3) is 0.438. The predicted molar refractivity (Wildman–Crippen MR) is 81.9 cm³/mol. The van der Waals surface area contributed by atoms with Crippen molar-refractivity contribution in [3.05, 3.63) is 35.1 Å². The number of hydrogen-bond acceptors (Lipinski definition) is 3. The van der Waals surface area contributed by atoms with Crippen LogP contribution in [0.2, 0.25) is 0 Å². The molecular weight excluding hydrogens is 301 g/mol. The molecule has 1 fully saturated rings. The van der Waals surface area contributed by atoms with Crippen LogP contribution in [-0.4, -0.2) is 35.3 Å². The quantitative estimate of drug-likeness (QED) is 0.779. The molecule has 0 saturated carbocycles. The number of nitrogens with one attached hydrogen (secondary N) is 2. The van der Waals surface area contributed by atoms with Gasteiger partial charge in [-0.25, -0.2) is 9.18 Å². The van der Waals surface area contributed by atoms with Crippen molar-refractivity contribution in [3.63, 3.8) is 0 Å². The monoisotopic (exact) mass is 321 g/mol. The fourth-order valence-corrected chi connectivity index (χ4v) is 2.36. The largest absolute Gasteiger partial charge is 0.350 e. The molecule has 1 aliphatic heterocycles. The molecule has 1 aromatic rings. The molecule has 1 aromatic carbocycles. The van der Waals surface area contributed by atoms with Crippen molar-refractivity contribution in [2.75, 3.05) is 6.54 Å². The molecule has 0 radical (unpaired) electrons. The van der Waals surface area contributed by atoms with E-state index in [1.54, 1.807) is 19.1 Å². The topological polar surface area (TPSA) is 78.5 Å². The van der Waals surface area contributed by atoms with Gasteiger partial charge in [-0.2, -0.15) is 0 Å². The lowest BCUT2D eigenvalue weighted by molar-refractivity contribution is -0.132. The number of halogens is 1. The van der Waals surface area contributed by atoms with Crippen molar-refractivity contribution in [1.29, 1.82) is 0 Å². The fourth-order valence-electron chi connectivity index (χ4n) is 2.36. The lowest BCUT2D eigenvalue weighted by Gasteiger charge is -2.13. The van der Waals surface area contributed by atoms with E-state index in [1.165, 1.54) is 6.07 Å². The molecule has 0 aliphatic carbocycles. The number of aryl methyl sites for hydroxylation is 1. The van der Waals surface area contributed by atoms with E-state index in [2.05, 4.69) is 10.6 Å². The molecule has 23 heavy (non-hydrogen) atoms. The highest BCUT2D eigenvalue weighted by atomic mass is 19.1. The number of urea groups is 1. The smallest absolute Gasteiger partial charge is 0.325 e. The molecule has 1 aliphatic rings. The van der Waals surface area contributed by atoms with E-state index in [0.717, 1.165) is 11.3 Å². The number of rotatable bonds is 6. The average Bonchev–Trinajstić information content (AvgIpc) is 2.76. The predicted octanol–water partition coefficient (Wildman–Crippen LogP) is 1.47. The Labute approximate surface area is 134 Å². The molecule has 0 spiro atoms. The summed E-state index contributed by atoms with van der Waals surface area (Å²) in [5, 5.41) is 5.14. The number of benzene rings is 1. The Morgan fingerprint density at radius 1 is 1.39 bits per heavy atom. The normalized spacial score (nSPS) is 17.3. The summed E-state index contributed by atoms with van der Waals surface area (Å²) in [6, 6.07) is 3.59. The third-order valence-corrected chi connectivity index (χ3v) is 3.71. The molecule has 1 atom stereocenters. The van der Waals surface area contributed by atoms with Gasteiger partial charge < -0.3 is 10.6 Å². The number of imide groups is 1. The molecule has 1 saturated heterocycles. The van der Waals surface area contributed by atoms with Gasteiger partial charge in [0, 0.05) is 6.54 Å². The lowest BCUT2D eigenvalue weighted by atomic mass is 10.1. The van der Waals surface area contributed by atoms with E-state index in [0.29, 0.717) is 17.5 Å². The van der Waals surface area contributed by atoms with Crippen molar-refractivity contribution in [2.24, 2.45) is 0 Å². The van der Waals surface area contributed by atoms with E-state index >= 15 is 0 Å². The summed E-state index contributed by atoms with van der Waals surface area (Å²) in [4.78, 5) is 36.5. The van der Waals surface area contributed by atoms with Gasteiger partial charge in [-0.05, 0) is 30.5 Å². The first-order chi connectivity index (χ1) is 10.9. The second-order valence-electron chi connectivity index (χ2n) is 5.58. The summed E-state index contributed by atoms with van der Waals surface area (Å²) in [6.45, 7) is 3.37. The molecule has 2 N–H and O–H groups in total. The molecule has 1 heterocycles. The van der Waals surface area contributed by atoms with Crippen molar-refractivity contribution in [1.82, 2.24) is 15.5 Å². The third kappa shape index (κ3) is 4.06. The van der Waals surface area contributed by atoms with Crippen LogP contribution in [0.4, 0.5) is 9.18 Å². The van der Waals surface area contributed by atoms with Crippen LogP contribution in [-0.2, 0) is 16.1 Å². The van der Waals surface area contributed by atoms with Crippen LogP contribution in [0.1, 0.15) is 30.9 Å². The highest BCUT2D eigenvalue weighted by Crippen LogP contribution is 2.11. The van der Waals surface area contributed by atoms with Crippen LogP contribution in [0.25, 0.3) is 0 Å². The molecule has 1 unspecified atom stereocenters. The zero-order valence-corrected chi connectivity index (χ0v) is 13.2. The highest BCUT2D eigenvalue weighted by Gasteiger charge is 2.38. The minimum absolute atomic E-state index is 0.137. The van der Waals surface area contributed by atoms with Crippen molar-refractivity contribution < 1.29 is 18.8 Å². The molecule has 7 heteroatoms. The Hall–Kier alpha value is -2.44. The SMILES string of the molecule is CCCC1NC(=O)N(CC(=O)NCc2ccc(C)c(F)c2)C1=O. The number of hydrogen-bond donors (Lipinski definition) is 2. The second-order valence-corrected chi connectivity index (χ2v) is 5.58. The zero-order chi connectivity index (χ0) is 17.0. The van der Waals surface area contributed by atoms with Gasteiger partial charge in [-0.15, -0.1) is 0 Å². The first-order valence-electron chi connectivity index (χ1n) is 7.56. The molecule has 4 amide bonds. The highest BCUT2D eigenvalue weighted by molar-refractivity contribution is 6.06. The maximum absolute atomic E-state index is 13.4. The van der Waals surface area contributed by atoms with Crippen LogP contribution in [0.15, 0.2) is 18.2 Å². The van der Waals surface area contributed by atoms with Gasteiger partial charge >= 0.3 is 6.03 Å². The summed E-state index contributed by atoms with van der Waals surface area (Å²) >= 11 is 0. The molecule has 2 rings (SSSR count). The van der Waals surface area contributed by atoms with Crippen LogP contribution in [0.3, 0.4) is 0 Å². The van der Waals surface area contributed by atoms with Crippen LogP contribution in [0.5, 0.6) is 0 Å². The Morgan fingerprint density at radius 3 is 2.78 bits per heavy atom. The molecule has 0 bridgehead atoms. The van der Waals surface area contributed by atoms with Crippen LogP contribution in [0, 0.1) is 12.7 Å². The maximum atomic E-state index is 13.4. The first kappa shape index (κ1) is 16.9. The zero-order valence-electron chi connectivity index (χ0n) is 13.2. The van der Waals surface area contributed by atoms with Gasteiger partial charge in [-0.3, -0.25) is 14.5 Å². The summed E-state index contributed by atoms with van der Waals surface area (Å²) in [7, 11) is 0. The Kier molecular flexibility index (Phi) is 5.31. The minimum atomic E-state index is -0.551. The number of nitrogens with zero attached hydrogens (tertiary/aromatic N) is 1. The second kappa shape index (κ2) is 7.21. The van der Waals surface area contributed by atoms with Gasteiger partial charge in [0.15, 0.2) is 0 Å². The number of carbonyl (C=O) groups excluding carboxylic acids is 3.